The number of hydrogen-bond acceptors (Lipinski definition) is 4. The molecule has 0 aromatic carbocycles. The van der Waals surface area contributed by atoms with Gasteiger partial charge in [-0.25, -0.2) is 4.98 Å². The molecule has 0 amide bonds. The lowest BCUT2D eigenvalue weighted by atomic mass is 10.4. The summed E-state index contributed by atoms with van der Waals surface area (Å²) in [4.78, 5) is 18.3. The van der Waals surface area contributed by atoms with E-state index >= 15 is 0 Å². The van der Waals surface area contributed by atoms with E-state index in [4.69, 9.17) is 23.8 Å². The Morgan fingerprint density at radius 1 is 1.71 bits per heavy atom. The highest BCUT2D eigenvalue weighted by molar-refractivity contribution is 7.71. The SMILES string of the molecule is COC(=O)CCn1c(=S)[nH]c2cc(Cl)cnc21. The molecule has 0 aliphatic rings. The van der Waals surface area contributed by atoms with Crippen molar-refractivity contribution in [2.24, 2.45) is 0 Å². The van der Waals surface area contributed by atoms with Crippen molar-refractivity contribution in [2.75, 3.05) is 7.11 Å². The molecule has 7 heteroatoms. The fraction of sp³-hybridized carbons (Fsp3) is 0.300. The van der Waals surface area contributed by atoms with Gasteiger partial charge in [0.25, 0.3) is 0 Å². The molecule has 0 atom stereocenters. The van der Waals surface area contributed by atoms with Crippen LogP contribution in [0.3, 0.4) is 0 Å². The van der Waals surface area contributed by atoms with E-state index in [0.29, 0.717) is 22.0 Å². The van der Waals surface area contributed by atoms with Gasteiger partial charge in [-0.05, 0) is 18.3 Å². The van der Waals surface area contributed by atoms with E-state index in [2.05, 4.69) is 14.7 Å². The lowest BCUT2D eigenvalue weighted by Gasteiger charge is -2.02. The van der Waals surface area contributed by atoms with E-state index in [-0.39, 0.29) is 12.4 Å². The lowest BCUT2D eigenvalue weighted by Crippen LogP contribution is -2.07. The molecule has 0 aliphatic heterocycles. The summed E-state index contributed by atoms with van der Waals surface area (Å²) < 4.78 is 6.84. The van der Waals surface area contributed by atoms with Crippen LogP contribution >= 0.6 is 23.8 Å². The van der Waals surface area contributed by atoms with Crippen LogP contribution in [0.15, 0.2) is 12.3 Å². The van der Waals surface area contributed by atoms with E-state index in [0.717, 1.165) is 5.52 Å². The number of aryl methyl sites for hydroxylation is 1. The summed E-state index contributed by atoms with van der Waals surface area (Å²) in [5.41, 5.74) is 1.44. The number of pyridine rings is 1. The van der Waals surface area contributed by atoms with Gasteiger partial charge < -0.3 is 14.3 Å². The van der Waals surface area contributed by atoms with E-state index < -0.39 is 0 Å². The second kappa shape index (κ2) is 4.85. The number of fused-ring (bicyclic) bond motifs is 1. The van der Waals surface area contributed by atoms with Crippen LogP contribution in [-0.4, -0.2) is 27.6 Å². The fourth-order valence-electron chi connectivity index (χ4n) is 1.53. The van der Waals surface area contributed by atoms with Gasteiger partial charge in [0.15, 0.2) is 10.4 Å². The van der Waals surface area contributed by atoms with E-state index in [1.54, 1.807) is 16.8 Å². The molecule has 0 bridgehead atoms. The molecule has 0 aliphatic carbocycles. The van der Waals surface area contributed by atoms with Gasteiger partial charge in [0.05, 0.1) is 24.1 Å². The summed E-state index contributed by atoms with van der Waals surface area (Å²) in [5, 5.41) is 0.536. The third kappa shape index (κ3) is 2.48. The summed E-state index contributed by atoms with van der Waals surface area (Å²) in [7, 11) is 1.36. The van der Waals surface area contributed by atoms with Crippen molar-refractivity contribution in [1.82, 2.24) is 14.5 Å². The van der Waals surface area contributed by atoms with Crippen LogP contribution in [0.25, 0.3) is 11.2 Å². The molecular formula is C10H10ClN3O2S. The van der Waals surface area contributed by atoms with Crippen molar-refractivity contribution in [3.63, 3.8) is 0 Å². The molecule has 0 spiro atoms. The Balaban J connectivity index is 2.36. The van der Waals surface area contributed by atoms with Crippen LogP contribution in [0.1, 0.15) is 6.42 Å². The van der Waals surface area contributed by atoms with Crippen molar-refractivity contribution in [3.8, 4) is 0 Å². The van der Waals surface area contributed by atoms with Gasteiger partial charge in [-0.3, -0.25) is 4.79 Å². The zero-order chi connectivity index (χ0) is 12.4. The number of nitrogens with one attached hydrogen (secondary N) is 1. The summed E-state index contributed by atoms with van der Waals surface area (Å²) in [6.45, 7) is 0.431. The first kappa shape index (κ1) is 12.1. The Hall–Kier alpha value is -1.40. The number of aromatic nitrogens is 3. The summed E-state index contributed by atoms with van der Waals surface area (Å²) >= 11 is 11.0. The normalized spacial score (nSPS) is 10.7. The topological polar surface area (TPSA) is 59.9 Å². The first-order chi connectivity index (χ1) is 8.11. The van der Waals surface area contributed by atoms with Crippen LogP contribution in [0, 0.1) is 4.77 Å². The molecule has 2 aromatic heterocycles. The second-order valence-electron chi connectivity index (χ2n) is 3.43. The van der Waals surface area contributed by atoms with E-state index in [1.165, 1.54) is 7.11 Å². The third-order valence-electron chi connectivity index (χ3n) is 2.34. The molecule has 17 heavy (non-hydrogen) atoms. The van der Waals surface area contributed by atoms with Crippen LogP contribution in [0.4, 0.5) is 0 Å². The zero-order valence-corrected chi connectivity index (χ0v) is 10.6. The molecule has 5 nitrogen and oxygen atoms in total. The minimum absolute atomic E-state index is 0.252. The van der Waals surface area contributed by atoms with Crippen LogP contribution < -0.4 is 0 Å². The minimum atomic E-state index is -0.282. The van der Waals surface area contributed by atoms with Crippen LogP contribution in [0.5, 0.6) is 0 Å². The number of carbonyl (C=O) groups is 1. The molecule has 0 radical (unpaired) electrons. The number of imidazole rings is 1. The number of esters is 1. The predicted molar refractivity (Wildman–Crippen MR) is 66.6 cm³/mol. The number of methoxy groups -OCH3 is 1. The Morgan fingerprint density at radius 3 is 3.18 bits per heavy atom. The molecule has 2 aromatic rings. The highest BCUT2D eigenvalue weighted by Gasteiger charge is 2.08. The van der Waals surface area contributed by atoms with Gasteiger partial charge in [0.2, 0.25) is 0 Å². The van der Waals surface area contributed by atoms with Gasteiger partial charge in [-0.1, -0.05) is 11.6 Å². The van der Waals surface area contributed by atoms with Gasteiger partial charge in [0.1, 0.15) is 0 Å². The molecule has 0 unspecified atom stereocenters. The Morgan fingerprint density at radius 2 is 2.47 bits per heavy atom. The Kier molecular flexibility index (Phi) is 3.44. The Labute approximate surface area is 107 Å². The van der Waals surface area contributed by atoms with Crippen molar-refractivity contribution >= 4 is 41.0 Å². The number of H-pyrrole nitrogens is 1. The molecule has 0 fully saturated rings. The lowest BCUT2D eigenvalue weighted by molar-refractivity contribution is -0.140. The number of carbonyl (C=O) groups excluding carboxylic acids is 1. The average molecular weight is 272 g/mol. The molecule has 90 valence electrons. The fourth-order valence-corrected chi connectivity index (χ4v) is 1.98. The van der Waals surface area contributed by atoms with Crippen molar-refractivity contribution in [3.05, 3.63) is 22.1 Å². The molecule has 2 heterocycles. The quantitative estimate of drug-likeness (QED) is 0.687. The average Bonchev–Trinajstić information content (AvgIpc) is 2.61. The standard InChI is InChI=1S/C10H10ClN3O2S/c1-16-8(15)2-3-14-9-7(13-10(14)17)4-6(11)5-12-9/h4-5H,2-3H2,1H3,(H,13,17). The molecule has 1 N–H and O–H groups in total. The molecule has 0 saturated heterocycles. The van der Waals surface area contributed by atoms with Crippen molar-refractivity contribution in [1.29, 1.82) is 0 Å². The monoisotopic (exact) mass is 271 g/mol. The van der Waals surface area contributed by atoms with Gasteiger partial charge in [0, 0.05) is 12.7 Å². The molecular weight excluding hydrogens is 262 g/mol. The first-order valence-electron chi connectivity index (χ1n) is 4.92. The number of rotatable bonds is 3. The highest BCUT2D eigenvalue weighted by Crippen LogP contribution is 2.16. The van der Waals surface area contributed by atoms with Crippen LogP contribution in [0.2, 0.25) is 5.02 Å². The highest BCUT2D eigenvalue weighted by atomic mass is 35.5. The van der Waals surface area contributed by atoms with Crippen LogP contribution in [-0.2, 0) is 16.1 Å². The maximum Gasteiger partial charge on any atom is 0.307 e. The maximum atomic E-state index is 11.1. The first-order valence-corrected chi connectivity index (χ1v) is 5.71. The van der Waals surface area contributed by atoms with Crippen molar-refractivity contribution < 1.29 is 9.53 Å². The van der Waals surface area contributed by atoms with E-state index in [9.17, 15) is 4.79 Å². The largest absolute Gasteiger partial charge is 0.469 e. The van der Waals surface area contributed by atoms with E-state index in [1.807, 2.05) is 0 Å². The summed E-state index contributed by atoms with van der Waals surface area (Å²) in [6, 6.07) is 1.74. The summed E-state index contributed by atoms with van der Waals surface area (Å²) in [6.07, 6.45) is 1.79. The summed E-state index contributed by atoms with van der Waals surface area (Å²) in [5.74, 6) is -0.282. The van der Waals surface area contributed by atoms with Gasteiger partial charge in [-0.15, -0.1) is 0 Å². The number of aromatic amines is 1. The zero-order valence-electron chi connectivity index (χ0n) is 9.07. The number of ether oxygens (including phenoxy) is 1. The third-order valence-corrected chi connectivity index (χ3v) is 2.87. The number of hydrogen-bond donors (Lipinski definition) is 1. The maximum absolute atomic E-state index is 11.1. The van der Waals surface area contributed by atoms with Gasteiger partial charge in [-0.2, -0.15) is 0 Å². The smallest absolute Gasteiger partial charge is 0.307 e. The minimum Gasteiger partial charge on any atom is -0.469 e. The van der Waals surface area contributed by atoms with Crippen molar-refractivity contribution in [2.45, 2.75) is 13.0 Å². The predicted octanol–water partition coefficient (Wildman–Crippen LogP) is 2.31. The Bertz CT molecular complexity index is 620. The molecule has 0 saturated carbocycles. The van der Waals surface area contributed by atoms with Gasteiger partial charge >= 0.3 is 5.97 Å². The number of halogens is 1. The number of nitrogens with zero attached hydrogens (tertiary/aromatic N) is 2. The second-order valence-corrected chi connectivity index (χ2v) is 4.26. The molecule has 2 rings (SSSR count).